The lowest BCUT2D eigenvalue weighted by molar-refractivity contribution is -0.131. The second-order valence-corrected chi connectivity index (χ2v) is 6.40. The maximum atomic E-state index is 10.7. The fraction of sp³-hybridized carbons (Fsp3) is 0.529. The molecule has 3 atom stereocenters. The molecular formula is C17H22N2O2. The zero-order chi connectivity index (χ0) is 14.8. The van der Waals surface area contributed by atoms with Gasteiger partial charge in [0.25, 0.3) is 0 Å². The highest BCUT2D eigenvalue weighted by Crippen LogP contribution is 2.48. The van der Waals surface area contributed by atoms with Crippen LogP contribution in [0, 0.1) is 17.8 Å². The molecule has 4 heteroatoms. The van der Waals surface area contributed by atoms with Gasteiger partial charge < -0.3 is 10.0 Å². The van der Waals surface area contributed by atoms with Crippen LogP contribution in [0.1, 0.15) is 31.2 Å². The minimum absolute atomic E-state index is 0.770. The summed E-state index contributed by atoms with van der Waals surface area (Å²) in [4.78, 5) is 17.3. The number of hydrogen-bond acceptors (Lipinski definition) is 3. The fourth-order valence-electron chi connectivity index (χ4n) is 4.06. The van der Waals surface area contributed by atoms with Crippen molar-refractivity contribution in [2.75, 3.05) is 18.5 Å². The Morgan fingerprint density at radius 2 is 2.33 bits per heavy atom. The van der Waals surface area contributed by atoms with E-state index < -0.39 is 5.97 Å². The van der Waals surface area contributed by atoms with Gasteiger partial charge in [-0.1, -0.05) is 6.42 Å². The van der Waals surface area contributed by atoms with Gasteiger partial charge in [0.1, 0.15) is 5.82 Å². The second kappa shape index (κ2) is 5.88. The van der Waals surface area contributed by atoms with E-state index in [4.69, 9.17) is 5.11 Å². The normalized spacial score (nSPS) is 27.4. The van der Waals surface area contributed by atoms with Crippen molar-refractivity contribution in [1.29, 1.82) is 0 Å². The van der Waals surface area contributed by atoms with Crippen LogP contribution in [0.25, 0.3) is 6.08 Å². The maximum absolute atomic E-state index is 10.7. The minimum atomic E-state index is -0.930. The van der Waals surface area contributed by atoms with Gasteiger partial charge in [0.05, 0.1) is 0 Å². The molecule has 21 heavy (non-hydrogen) atoms. The van der Waals surface area contributed by atoms with Gasteiger partial charge in [-0.05, 0) is 55.2 Å². The average molecular weight is 286 g/mol. The molecule has 0 amide bonds. The smallest absolute Gasteiger partial charge is 0.328 e. The Labute approximate surface area is 125 Å². The topological polar surface area (TPSA) is 53.4 Å². The van der Waals surface area contributed by atoms with Crippen molar-refractivity contribution in [3.05, 3.63) is 30.0 Å². The number of carboxylic acid groups (broad SMARTS) is 1. The van der Waals surface area contributed by atoms with E-state index in [2.05, 4.69) is 16.9 Å². The zero-order valence-electron chi connectivity index (χ0n) is 12.4. The molecule has 0 spiro atoms. The van der Waals surface area contributed by atoms with Gasteiger partial charge in [0.15, 0.2) is 0 Å². The van der Waals surface area contributed by atoms with Crippen LogP contribution in [0.2, 0.25) is 0 Å². The number of carbonyl (C=O) groups is 1. The maximum Gasteiger partial charge on any atom is 0.328 e. The molecule has 2 bridgehead atoms. The first-order valence-corrected chi connectivity index (χ1v) is 7.70. The van der Waals surface area contributed by atoms with Crippen molar-refractivity contribution in [2.45, 2.75) is 25.7 Å². The predicted molar refractivity (Wildman–Crippen MR) is 83.1 cm³/mol. The highest BCUT2D eigenvalue weighted by atomic mass is 16.4. The Hall–Kier alpha value is -1.84. The third-order valence-corrected chi connectivity index (χ3v) is 4.98. The van der Waals surface area contributed by atoms with Crippen LogP contribution >= 0.6 is 0 Å². The minimum Gasteiger partial charge on any atom is -0.478 e. The number of rotatable bonds is 5. The second-order valence-electron chi connectivity index (χ2n) is 6.40. The van der Waals surface area contributed by atoms with E-state index >= 15 is 0 Å². The van der Waals surface area contributed by atoms with Crippen molar-refractivity contribution >= 4 is 17.9 Å². The first-order chi connectivity index (χ1) is 10.1. The monoisotopic (exact) mass is 286 g/mol. The van der Waals surface area contributed by atoms with Crippen LogP contribution < -0.4 is 4.90 Å². The molecule has 4 nitrogen and oxygen atoms in total. The number of fused-ring (bicyclic) bond motifs is 2. The summed E-state index contributed by atoms with van der Waals surface area (Å²) < 4.78 is 0. The molecule has 2 aliphatic rings. The molecule has 3 unspecified atom stereocenters. The largest absolute Gasteiger partial charge is 0.478 e. The van der Waals surface area contributed by atoms with Gasteiger partial charge in [-0.15, -0.1) is 0 Å². The van der Waals surface area contributed by atoms with E-state index in [9.17, 15) is 4.79 Å². The molecule has 1 aromatic rings. The van der Waals surface area contributed by atoms with Gasteiger partial charge in [-0.25, -0.2) is 9.78 Å². The third kappa shape index (κ3) is 3.09. The summed E-state index contributed by atoms with van der Waals surface area (Å²) in [5.41, 5.74) is 0.866. The fourth-order valence-corrected chi connectivity index (χ4v) is 4.06. The molecule has 0 saturated heterocycles. The van der Waals surface area contributed by atoms with Crippen molar-refractivity contribution in [1.82, 2.24) is 4.98 Å². The number of aliphatic carboxylic acids is 1. The molecule has 0 aromatic carbocycles. The quantitative estimate of drug-likeness (QED) is 0.845. The van der Waals surface area contributed by atoms with Crippen molar-refractivity contribution in [3.8, 4) is 0 Å². The number of pyridine rings is 1. The highest BCUT2D eigenvalue weighted by molar-refractivity contribution is 5.86. The Bertz CT molecular complexity index is 555. The summed E-state index contributed by atoms with van der Waals surface area (Å²) in [5, 5.41) is 8.78. The summed E-state index contributed by atoms with van der Waals surface area (Å²) in [7, 11) is 2.06. The molecule has 0 aliphatic heterocycles. The standard InChI is InChI=1S/C17H22N2O2/c1-19(11-15-10-12-4-5-14(15)9-12)17-13(3-2-8-18-17)6-7-16(20)21/h2-3,6-8,12,14-15H,4-5,9-11H2,1H3,(H,20,21)/b7-6+. The van der Waals surface area contributed by atoms with Gasteiger partial charge in [0.2, 0.25) is 0 Å². The van der Waals surface area contributed by atoms with Gasteiger partial charge >= 0.3 is 5.97 Å². The molecule has 1 N–H and O–H groups in total. The molecule has 2 fully saturated rings. The van der Waals surface area contributed by atoms with E-state index in [1.807, 2.05) is 12.1 Å². The van der Waals surface area contributed by atoms with Gasteiger partial charge in [-0.2, -0.15) is 0 Å². The van der Waals surface area contributed by atoms with Crippen LogP contribution in [-0.2, 0) is 4.79 Å². The SMILES string of the molecule is CN(CC1CC2CCC1C2)c1ncccc1/C=C/C(=O)O. The summed E-state index contributed by atoms with van der Waals surface area (Å²) >= 11 is 0. The van der Waals surface area contributed by atoms with Crippen LogP contribution in [0.5, 0.6) is 0 Å². The molecule has 1 heterocycles. The third-order valence-electron chi connectivity index (χ3n) is 4.98. The Morgan fingerprint density at radius 1 is 1.48 bits per heavy atom. The molecule has 2 saturated carbocycles. The lowest BCUT2D eigenvalue weighted by atomic mass is 9.88. The summed E-state index contributed by atoms with van der Waals surface area (Å²) in [6.07, 6.45) is 10.1. The Morgan fingerprint density at radius 3 is 3.00 bits per heavy atom. The summed E-state index contributed by atoms with van der Waals surface area (Å²) in [6, 6.07) is 3.76. The molecule has 0 radical (unpaired) electrons. The molecule has 3 rings (SSSR count). The number of carboxylic acids is 1. The van der Waals surface area contributed by atoms with E-state index in [0.717, 1.165) is 35.7 Å². The first-order valence-electron chi connectivity index (χ1n) is 7.70. The Balaban J connectivity index is 1.72. The summed E-state index contributed by atoms with van der Waals surface area (Å²) in [5.74, 6) is 2.55. The average Bonchev–Trinajstić information content (AvgIpc) is 3.08. The van der Waals surface area contributed by atoms with E-state index in [1.165, 1.54) is 31.8 Å². The van der Waals surface area contributed by atoms with E-state index in [-0.39, 0.29) is 0 Å². The lowest BCUT2D eigenvalue weighted by Gasteiger charge is -2.28. The van der Waals surface area contributed by atoms with E-state index in [0.29, 0.717) is 0 Å². The van der Waals surface area contributed by atoms with Gasteiger partial charge in [0, 0.05) is 31.4 Å². The number of anilines is 1. The summed E-state index contributed by atoms with van der Waals surface area (Å²) in [6.45, 7) is 1.02. The van der Waals surface area contributed by atoms with Crippen LogP contribution in [0.15, 0.2) is 24.4 Å². The van der Waals surface area contributed by atoms with Gasteiger partial charge in [-0.3, -0.25) is 0 Å². The zero-order valence-corrected chi connectivity index (χ0v) is 12.4. The molecule has 2 aliphatic carbocycles. The highest BCUT2D eigenvalue weighted by Gasteiger charge is 2.39. The lowest BCUT2D eigenvalue weighted by Crippen LogP contribution is -2.29. The predicted octanol–water partition coefficient (Wildman–Crippen LogP) is 3.05. The van der Waals surface area contributed by atoms with Crippen molar-refractivity contribution in [3.63, 3.8) is 0 Å². The number of aromatic nitrogens is 1. The van der Waals surface area contributed by atoms with Crippen molar-refractivity contribution < 1.29 is 9.90 Å². The molecule has 112 valence electrons. The van der Waals surface area contributed by atoms with Crippen LogP contribution in [0.4, 0.5) is 5.82 Å². The van der Waals surface area contributed by atoms with Crippen LogP contribution in [0.3, 0.4) is 0 Å². The van der Waals surface area contributed by atoms with E-state index in [1.54, 1.807) is 12.3 Å². The molecule has 1 aromatic heterocycles. The number of nitrogens with zero attached hydrogens (tertiary/aromatic N) is 2. The number of hydrogen-bond donors (Lipinski definition) is 1. The van der Waals surface area contributed by atoms with Crippen LogP contribution in [-0.4, -0.2) is 29.7 Å². The first kappa shape index (κ1) is 14.1. The Kier molecular flexibility index (Phi) is 3.95. The van der Waals surface area contributed by atoms with Crippen molar-refractivity contribution in [2.24, 2.45) is 17.8 Å². The molecular weight excluding hydrogens is 264 g/mol.